The number of rotatable bonds is 4. The summed E-state index contributed by atoms with van der Waals surface area (Å²) in [5.74, 6) is -2.54. The third-order valence-electron chi connectivity index (χ3n) is 3.24. The van der Waals surface area contributed by atoms with Gasteiger partial charge in [0.1, 0.15) is 11.4 Å². The van der Waals surface area contributed by atoms with Crippen LogP contribution in [0.4, 0.5) is 23.7 Å². The van der Waals surface area contributed by atoms with E-state index in [9.17, 15) is 23.1 Å². The third kappa shape index (κ3) is 4.46. The molecule has 1 unspecified atom stereocenters. The number of nitrogens with one attached hydrogen (secondary N) is 2. The van der Waals surface area contributed by atoms with Crippen molar-refractivity contribution in [2.24, 2.45) is 0 Å². The highest BCUT2D eigenvalue weighted by atomic mass is 19.2. The molecule has 3 N–H and O–H groups in total. The fourth-order valence-electron chi connectivity index (χ4n) is 1.91. The molecule has 0 fully saturated rings. The zero-order valence-electron chi connectivity index (χ0n) is 12.2. The number of anilines is 1. The summed E-state index contributed by atoms with van der Waals surface area (Å²) in [6.07, 6.45) is 0. The second-order valence-electron chi connectivity index (χ2n) is 5.22. The number of amides is 2. The second-order valence-corrected chi connectivity index (χ2v) is 5.22. The molecule has 0 radical (unpaired) electrons. The molecule has 0 aliphatic heterocycles. The normalized spacial score (nSPS) is 13.3. The smallest absolute Gasteiger partial charge is 0.319 e. The molecule has 7 heteroatoms. The Hall–Kier alpha value is -2.54. The van der Waals surface area contributed by atoms with Gasteiger partial charge in [-0.15, -0.1) is 0 Å². The Morgan fingerprint density at radius 1 is 1.09 bits per heavy atom. The Bertz CT molecular complexity index is 703. The van der Waals surface area contributed by atoms with Crippen LogP contribution in [0, 0.1) is 17.5 Å². The molecule has 1 atom stereocenters. The van der Waals surface area contributed by atoms with Gasteiger partial charge in [0.15, 0.2) is 11.6 Å². The Kier molecular flexibility index (Phi) is 4.90. The summed E-state index contributed by atoms with van der Waals surface area (Å²) in [5, 5.41) is 15.0. The monoisotopic (exact) mass is 324 g/mol. The van der Waals surface area contributed by atoms with Crippen LogP contribution in [-0.4, -0.2) is 17.7 Å². The molecule has 4 nitrogen and oxygen atoms in total. The zero-order chi connectivity index (χ0) is 17.0. The Balaban J connectivity index is 1.95. The van der Waals surface area contributed by atoms with E-state index in [1.807, 2.05) is 0 Å². The van der Waals surface area contributed by atoms with E-state index in [4.69, 9.17) is 0 Å². The summed E-state index contributed by atoms with van der Waals surface area (Å²) in [7, 11) is 0. The number of halogens is 3. The molecule has 2 aromatic rings. The first-order valence-electron chi connectivity index (χ1n) is 6.76. The van der Waals surface area contributed by atoms with Crippen molar-refractivity contribution in [2.75, 3.05) is 11.9 Å². The SMILES string of the molecule is CC(O)(CNC(=O)Nc1ccc(F)c(F)c1)c1ccc(F)cc1. The van der Waals surface area contributed by atoms with Crippen LogP contribution in [0.5, 0.6) is 0 Å². The highest BCUT2D eigenvalue weighted by Crippen LogP contribution is 2.20. The summed E-state index contributed by atoms with van der Waals surface area (Å²) in [4.78, 5) is 11.7. The molecule has 0 bridgehead atoms. The van der Waals surface area contributed by atoms with E-state index in [-0.39, 0.29) is 12.2 Å². The van der Waals surface area contributed by atoms with Gasteiger partial charge in [-0.05, 0) is 36.8 Å². The first-order chi connectivity index (χ1) is 10.8. The van der Waals surface area contributed by atoms with E-state index in [2.05, 4.69) is 10.6 Å². The van der Waals surface area contributed by atoms with Gasteiger partial charge in [-0.1, -0.05) is 12.1 Å². The van der Waals surface area contributed by atoms with Crippen molar-refractivity contribution < 1.29 is 23.1 Å². The van der Waals surface area contributed by atoms with Crippen LogP contribution < -0.4 is 10.6 Å². The van der Waals surface area contributed by atoms with Crippen molar-refractivity contribution in [3.63, 3.8) is 0 Å². The van der Waals surface area contributed by atoms with Crippen LogP contribution in [-0.2, 0) is 5.60 Å². The quantitative estimate of drug-likeness (QED) is 0.809. The number of benzene rings is 2. The molecule has 0 saturated carbocycles. The van der Waals surface area contributed by atoms with Crippen molar-refractivity contribution in [2.45, 2.75) is 12.5 Å². The molecular weight excluding hydrogens is 309 g/mol. The molecule has 0 aliphatic rings. The lowest BCUT2D eigenvalue weighted by Gasteiger charge is -2.24. The highest BCUT2D eigenvalue weighted by molar-refractivity contribution is 5.89. The number of hydrogen-bond acceptors (Lipinski definition) is 2. The first kappa shape index (κ1) is 16.8. The fourth-order valence-corrected chi connectivity index (χ4v) is 1.91. The minimum absolute atomic E-state index is 0.0721. The fraction of sp³-hybridized carbons (Fsp3) is 0.188. The summed E-state index contributed by atoms with van der Waals surface area (Å²) >= 11 is 0. The van der Waals surface area contributed by atoms with Crippen LogP contribution in [0.3, 0.4) is 0 Å². The molecular formula is C16H15F3N2O2. The average molecular weight is 324 g/mol. The minimum atomic E-state index is -1.42. The summed E-state index contributed by atoms with van der Waals surface area (Å²) < 4.78 is 38.7. The van der Waals surface area contributed by atoms with Crippen molar-refractivity contribution >= 4 is 11.7 Å². The van der Waals surface area contributed by atoms with E-state index in [0.29, 0.717) is 5.56 Å². The summed E-state index contributed by atoms with van der Waals surface area (Å²) in [5.41, 5.74) is -0.922. The van der Waals surface area contributed by atoms with Crippen LogP contribution in [0.15, 0.2) is 42.5 Å². The molecule has 0 heterocycles. The largest absolute Gasteiger partial charge is 0.384 e. The lowest BCUT2D eigenvalue weighted by atomic mass is 9.96. The van der Waals surface area contributed by atoms with Crippen LogP contribution in [0.25, 0.3) is 0 Å². The minimum Gasteiger partial charge on any atom is -0.384 e. The maximum absolute atomic E-state index is 13.0. The van der Waals surface area contributed by atoms with Gasteiger partial charge < -0.3 is 15.7 Å². The molecule has 0 saturated heterocycles. The molecule has 23 heavy (non-hydrogen) atoms. The lowest BCUT2D eigenvalue weighted by Crippen LogP contribution is -2.40. The first-order valence-corrected chi connectivity index (χ1v) is 6.76. The van der Waals surface area contributed by atoms with Crippen LogP contribution in [0.2, 0.25) is 0 Å². The molecule has 0 spiro atoms. The summed E-state index contributed by atoms with van der Waals surface area (Å²) in [6, 6.07) is 7.45. The summed E-state index contributed by atoms with van der Waals surface area (Å²) in [6.45, 7) is 1.30. The van der Waals surface area contributed by atoms with Crippen molar-refractivity contribution in [1.29, 1.82) is 0 Å². The van der Waals surface area contributed by atoms with Gasteiger partial charge in [-0.25, -0.2) is 18.0 Å². The van der Waals surface area contributed by atoms with Crippen LogP contribution >= 0.6 is 0 Å². The predicted molar refractivity (Wildman–Crippen MR) is 79.4 cm³/mol. The van der Waals surface area contributed by atoms with E-state index in [1.54, 1.807) is 0 Å². The number of aliphatic hydroxyl groups is 1. The van der Waals surface area contributed by atoms with Crippen molar-refractivity contribution in [3.8, 4) is 0 Å². The van der Waals surface area contributed by atoms with E-state index >= 15 is 0 Å². The Labute approximate surface area is 131 Å². The maximum Gasteiger partial charge on any atom is 0.319 e. The highest BCUT2D eigenvalue weighted by Gasteiger charge is 2.23. The Morgan fingerprint density at radius 3 is 2.35 bits per heavy atom. The van der Waals surface area contributed by atoms with Gasteiger partial charge >= 0.3 is 6.03 Å². The number of urea groups is 1. The van der Waals surface area contributed by atoms with Gasteiger partial charge in [-0.3, -0.25) is 0 Å². The standard InChI is InChI=1S/C16H15F3N2O2/c1-16(23,10-2-4-11(17)5-3-10)9-20-15(22)21-12-6-7-13(18)14(19)8-12/h2-8,23H,9H2,1H3,(H2,20,21,22). The Morgan fingerprint density at radius 2 is 1.74 bits per heavy atom. The number of carbonyl (C=O) groups excluding carboxylic acids is 1. The molecule has 2 aromatic carbocycles. The van der Waals surface area contributed by atoms with Crippen molar-refractivity contribution in [3.05, 3.63) is 65.5 Å². The maximum atomic E-state index is 13.0. The van der Waals surface area contributed by atoms with Gasteiger partial charge in [0.25, 0.3) is 0 Å². The molecule has 2 amide bonds. The van der Waals surface area contributed by atoms with E-state index in [0.717, 1.165) is 12.1 Å². The van der Waals surface area contributed by atoms with Gasteiger partial charge in [0.2, 0.25) is 0 Å². The van der Waals surface area contributed by atoms with E-state index < -0.39 is 29.1 Å². The molecule has 0 aromatic heterocycles. The topological polar surface area (TPSA) is 61.4 Å². The third-order valence-corrected chi connectivity index (χ3v) is 3.24. The van der Waals surface area contributed by atoms with Gasteiger partial charge in [-0.2, -0.15) is 0 Å². The van der Waals surface area contributed by atoms with E-state index in [1.165, 1.54) is 37.3 Å². The number of hydrogen-bond donors (Lipinski definition) is 3. The zero-order valence-corrected chi connectivity index (χ0v) is 12.2. The van der Waals surface area contributed by atoms with Crippen LogP contribution in [0.1, 0.15) is 12.5 Å². The van der Waals surface area contributed by atoms with Gasteiger partial charge in [0.05, 0.1) is 6.54 Å². The lowest BCUT2D eigenvalue weighted by molar-refractivity contribution is 0.0599. The van der Waals surface area contributed by atoms with Crippen molar-refractivity contribution in [1.82, 2.24) is 5.32 Å². The molecule has 0 aliphatic carbocycles. The van der Waals surface area contributed by atoms with Gasteiger partial charge in [0, 0.05) is 11.8 Å². The molecule has 122 valence electrons. The average Bonchev–Trinajstić information content (AvgIpc) is 2.50. The number of carbonyl (C=O) groups is 1. The predicted octanol–water partition coefficient (Wildman–Crippen LogP) is 3.13. The molecule has 2 rings (SSSR count). The second kappa shape index (κ2) is 6.70.